The van der Waals surface area contributed by atoms with Crippen LogP contribution in [0.3, 0.4) is 0 Å². The summed E-state index contributed by atoms with van der Waals surface area (Å²) >= 11 is 3.05. The van der Waals surface area contributed by atoms with Gasteiger partial charge < -0.3 is 10.6 Å². The van der Waals surface area contributed by atoms with E-state index < -0.39 is 0 Å². The fraction of sp³-hybridized carbons (Fsp3) is 0.133. The Morgan fingerprint density at radius 3 is 2.32 bits per heavy atom. The quantitative estimate of drug-likeness (QED) is 0.551. The molecule has 1 aromatic carbocycles. The lowest BCUT2D eigenvalue weighted by molar-refractivity contribution is 1.24. The summed E-state index contributed by atoms with van der Waals surface area (Å²) in [5, 5.41) is 12.0. The molecule has 0 atom stereocenters. The third kappa shape index (κ3) is 3.90. The first-order valence-corrected chi connectivity index (χ1v) is 8.47. The smallest absolute Gasteiger partial charge is 0.212 e. The van der Waals surface area contributed by atoms with Crippen molar-refractivity contribution in [3.8, 4) is 0 Å². The number of thiazole rings is 2. The molecular formula is C15H15N5S2. The Morgan fingerprint density at radius 2 is 1.68 bits per heavy atom. The van der Waals surface area contributed by atoms with Crippen LogP contribution in [0.1, 0.15) is 11.4 Å². The molecule has 112 valence electrons. The zero-order valence-corrected chi connectivity index (χ0v) is 13.8. The number of anilines is 2. The monoisotopic (exact) mass is 329 g/mol. The minimum absolute atomic E-state index is 0.606. The summed E-state index contributed by atoms with van der Waals surface area (Å²) in [6.45, 7) is 3.92. The van der Waals surface area contributed by atoms with Crippen molar-refractivity contribution >= 4 is 44.6 Å². The maximum atomic E-state index is 4.55. The van der Waals surface area contributed by atoms with Gasteiger partial charge in [0, 0.05) is 16.4 Å². The SMILES string of the molecule is Cc1csc(N=C(Nc2ccccc2)Nc2nc(C)cs2)n1. The summed E-state index contributed by atoms with van der Waals surface area (Å²) in [7, 11) is 0. The molecule has 0 saturated heterocycles. The zero-order chi connectivity index (χ0) is 15.4. The van der Waals surface area contributed by atoms with Gasteiger partial charge in [0.2, 0.25) is 11.1 Å². The molecule has 0 radical (unpaired) electrons. The summed E-state index contributed by atoms with van der Waals surface area (Å²) in [4.78, 5) is 13.3. The number of hydrogen-bond acceptors (Lipinski definition) is 5. The molecule has 2 heterocycles. The number of benzene rings is 1. The van der Waals surface area contributed by atoms with Gasteiger partial charge in [-0.1, -0.05) is 18.2 Å². The first-order valence-electron chi connectivity index (χ1n) is 6.71. The van der Waals surface area contributed by atoms with Gasteiger partial charge in [0.1, 0.15) is 0 Å². The van der Waals surface area contributed by atoms with E-state index >= 15 is 0 Å². The van der Waals surface area contributed by atoms with Crippen molar-refractivity contribution in [2.24, 2.45) is 4.99 Å². The van der Waals surface area contributed by atoms with E-state index in [-0.39, 0.29) is 0 Å². The molecule has 2 N–H and O–H groups in total. The Bertz CT molecular complexity index is 776. The standard InChI is InChI=1S/C15H15N5S2/c1-10-8-21-14(16-10)19-13(18-12-6-4-3-5-7-12)20-15-17-11(2)9-22-15/h3-9H,1-2H3,(H2,16,17,18,19,20). The minimum atomic E-state index is 0.606. The first-order chi connectivity index (χ1) is 10.7. The van der Waals surface area contributed by atoms with Crippen LogP contribution in [0.25, 0.3) is 0 Å². The van der Waals surface area contributed by atoms with E-state index in [1.165, 1.54) is 11.3 Å². The predicted octanol–water partition coefficient (Wildman–Crippen LogP) is 4.43. The molecule has 0 aliphatic rings. The van der Waals surface area contributed by atoms with E-state index in [0.29, 0.717) is 11.1 Å². The van der Waals surface area contributed by atoms with Gasteiger partial charge in [0.05, 0.1) is 11.4 Å². The number of para-hydroxylation sites is 1. The molecule has 3 rings (SSSR count). The van der Waals surface area contributed by atoms with Crippen LogP contribution in [0.4, 0.5) is 16.0 Å². The van der Waals surface area contributed by atoms with Crippen molar-refractivity contribution in [2.75, 3.05) is 10.6 Å². The number of aryl methyl sites for hydroxylation is 2. The summed E-state index contributed by atoms with van der Waals surface area (Å²) in [6, 6.07) is 9.89. The largest absolute Gasteiger partial charge is 0.326 e. The van der Waals surface area contributed by atoms with Crippen LogP contribution in [-0.2, 0) is 0 Å². The number of aromatic nitrogens is 2. The van der Waals surface area contributed by atoms with Crippen molar-refractivity contribution in [1.82, 2.24) is 9.97 Å². The van der Waals surface area contributed by atoms with Gasteiger partial charge in [-0.3, -0.25) is 0 Å². The lowest BCUT2D eigenvalue weighted by Gasteiger charge is -2.09. The summed E-state index contributed by atoms with van der Waals surface area (Å²) < 4.78 is 0. The van der Waals surface area contributed by atoms with Crippen LogP contribution in [0.15, 0.2) is 46.1 Å². The van der Waals surface area contributed by atoms with Crippen LogP contribution >= 0.6 is 22.7 Å². The average molecular weight is 329 g/mol. The average Bonchev–Trinajstić information content (AvgIpc) is 3.09. The van der Waals surface area contributed by atoms with E-state index in [2.05, 4.69) is 25.6 Å². The number of nitrogens with one attached hydrogen (secondary N) is 2. The first kappa shape index (κ1) is 14.7. The van der Waals surface area contributed by atoms with E-state index in [1.54, 1.807) is 11.3 Å². The molecule has 5 nitrogen and oxygen atoms in total. The second-order valence-corrected chi connectivity index (χ2v) is 6.34. The molecule has 0 bridgehead atoms. The summed E-state index contributed by atoms with van der Waals surface area (Å²) in [5.74, 6) is 0.606. The van der Waals surface area contributed by atoms with Crippen molar-refractivity contribution in [1.29, 1.82) is 0 Å². The number of rotatable bonds is 3. The molecule has 0 unspecified atom stereocenters. The van der Waals surface area contributed by atoms with E-state index in [0.717, 1.165) is 22.2 Å². The summed E-state index contributed by atoms with van der Waals surface area (Å²) in [5.41, 5.74) is 2.90. The molecule has 0 saturated carbocycles. The van der Waals surface area contributed by atoms with E-state index in [9.17, 15) is 0 Å². The third-order valence-electron chi connectivity index (χ3n) is 2.70. The van der Waals surface area contributed by atoms with Gasteiger partial charge in [-0.2, -0.15) is 4.99 Å². The van der Waals surface area contributed by atoms with E-state index in [4.69, 9.17) is 0 Å². The Hall–Kier alpha value is -2.25. The fourth-order valence-electron chi connectivity index (χ4n) is 1.75. The second kappa shape index (κ2) is 6.67. The zero-order valence-electron chi connectivity index (χ0n) is 12.2. The normalized spacial score (nSPS) is 11.5. The molecule has 0 amide bonds. The Labute approximate surface area is 136 Å². The highest BCUT2D eigenvalue weighted by Gasteiger charge is 2.06. The Kier molecular flexibility index (Phi) is 4.45. The maximum Gasteiger partial charge on any atom is 0.212 e. The third-order valence-corrected chi connectivity index (χ3v) is 4.42. The second-order valence-electron chi connectivity index (χ2n) is 4.64. The van der Waals surface area contributed by atoms with Crippen LogP contribution in [0.2, 0.25) is 0 Å². The minimum Gasteiger partial charge on any atom is -0.326 e. The Balaban J connectivity index is 1.86. The van der Waals surface area contributed by atoms with Gasteiger partial charge in [-0.25, -0.2) is 9.97 Å². The van der Waals surface area contributed by atoms with Crippen molar-refractivity contribution in [3.05, 3.63) is 52.5 Å². The number of nitrogens with zero attached hydrogens (tertiary/aromatic N) is 3. The maximum absolute atomic E-state index is 4.55. The van der Waals surface area contributed by atoms with Crippen LogP contribution < -0.4 is 10.6 Å². The lowest BCUT2D eigenvalue weighted by atomic mass is 10.3. The molecule has 3 aromatic rings. The van der Waals surface area contributed by atoms with Crippen molar-refractivity contribution in [3.63, 3.8) is 0 Å². The number of guanidine groups is 1. The highest BCUT2D eigenvalue weighted by atomic mass is 32.1. The topological polar surface area (TPSA) is 62.2 Å². The molecule has 0 fully saturated rings. The van der Waals surface area contributed by atoms with Gasteiger partial charge in [0.25, 0.3) is 0 Å². The van der Waals surface area contributed by atoms with Crippen LogP contribution in [-0.4, -0.2) is 15.9 Å². The van der Waals surface area contributed by atoms with Crippen LogP contribution in [0.5, 0.6) is 0 Å². The molecule has 0 aliphatic carbocycles. The molecule has 7 heteroatoms. The van der Waals surface area contributed by atoms with Gasteiger partial charge >= 0.3 is 0 Å². The van der Waals surface area contributed by atoms with Gasteiger partial charge in [0.15, 0.2) is 5.13 Å². The molecule has 0 spiro atoms. The Morgan fingerprint density at radius 1 is 0.955 bits per heavy atom. The van der Waals surface area contributed by atoms with Gasteiger partial charge in [-0.05, 0) is 26.0 Å². The number of hydrogen-bond donors (Lipinski definition) is 2. The molecule has 22 heavy (non-hydrogen) atoms. The van der Waals surface area contributed by atoms with Crippen molar-refractivity contribution in [2.45, 2.75) is 13.8 Å². The highest BCUT2D eigenvalue weighted by Crippen LogP contribution is 2.20. The van der Waals surface area contributed by atoms with E-state index in [1.807, 2.05) is 54.9 Å². The number of aliphatic imine (C=N–C) groups is 1. The van der Waals surface area contributed by atoms with Crippen LogP contribution in [0, 0.1) is 13.8 Å². The predicted molar refractivity (Wildman–Crippen MR) is 94.5 cm³/mol. The summed E-state index contributed by atoms with van der Waals surface area (Å²) in [6.07, 6.45) is 0. The fourth-order valence-corrected chi connectivity index (χ4v) is 3.10. The highest BCUT2D eigenvalue weighted by molar-refractivity contribution is 7.14. The molecule has 0 aliphatic heterocycles. The van der Waals surface area contributed by atoms with Crippen molar-refractivity contribution < 1.29 is 0 Å². The van der Waals surface area contributed by atoms with Gasteiger partial charge in [-0.15, -0.1) is 22.7 Å². The molecular weight excluding hydrogens is 314 g/mol. The molecule has 2 aromatic heterocycles. The lowest BCUT2D eigenvalue weighted by Crippen LogP contribution is -2.21.